The van der Waals surface area contributed by atoms with Gasteiger partial charge >= 0.3 is 5.97 Å². The van der Waals surface area contributed by atoms with Gasteiger partial charge in [-0.05, 0) is 14.1 Å². The maximum Gasteiger partial charge on any atom is 0.328 e. The van der Waals surface area contributed by atoms with Gasteiger partial charge in [0.1, 0.15) is 0 Å². The van der Waals surface area contributed by atoms with Crippen molar-refractivity contribution in [2.75, 3.05) is 20.6 Å². The van der Waals surface area contributed by atoms with Crippen molar-refractivity contribution in [3.8, 4) is 0 Å². The Bertz CT molecular complexity index is 118. The molecule has 0 radical (unpaired) electrons. The molecule has 0 aliphatic heterocycles. The number of rotatable bonds is 3. The van der Waals surface area contributed by atoms with Gasteiger partial charge in [-0.15, -0.1) is 0 Å². The van der Waals surface area contributed by atoms with Crippen LogP contribution < -0.4 is 0 Å². The van der Waals surface area contributed by atoms with Crippen LogP contribution >= 0.6 is 0 Å². The summed E-state index contributed by atoms with van der Waals surface area (Å²) >= 11 is 0. The summed E-state index contributed by atoms with van der Waals surface area (Å²) in [7, 11) is 3.76. The molecule has 0 spiro atoms. The van der Waals surface area contributed by atoms with Crippen LogP contribution in [0.1, 0.15) is 0 Å². The highest BCUT2D eigenvalue weighted by atomic mass is 16.4. The van der Waals surface area contributed by atoms with Gasteiger partial charge < -0.3 is 10.0 Å². The van der Waals surface area contributed by atoms with E-state index in [4.69, 9.17) is 5.11 Å². The third-order valence-corrected chi connectivity index (χ3v) is 0.731. The van der Waals surface area contributed by atoms with Gasteiger partial charge in [-0.2, -0.15) is 0 Å². The summed E-state index contributed by atoms with van der Waals surface area (Å²) in [4.78, 5) is 11.8. The first-order valence-corrected chi connectivity index (χ1v) is 2.67. The molecule has 0 aromatic rings. The maximum atomic E-state index is 9.88. The Balaban J connectivity index is 3.36. The van der Waals surface area contributed by atoms with Gasteiger partial charge in [-0.1, -0.05) is 6.08 Å². The largest absolute Gasteiger partial charge is 0.478 e. The van der Waals surface area contributed by atoms with Gasteiger partial charge in [0.2, 0.25) is 0 Å². The molecule has 0 aliphatic rings. The number of hydrogen-bond acceptors (Lipinski definition) is 2. The van der Waals surface area contributed by atoms with Crippen molar-refractivity contribution >= 4 is 5.97 Å². The molecule has 0 amide bonds. The molecule has 0 heterocycles. The summed E-state index contributed by atoms with van der Waals surface area (Å²) in [6.07, 6.45) is 2.74. The van der Waals surface area contributed by atoms with Crippen molar-refractivity contribution in [1.29, 1.82) is 0 Å². The zero-order valence-corrected chi connectivity index (χ0v) is 5.66. The first-order valence-electron chi connectivity index (χ1n) is 2.67. The molecule has 0 saturated carbocycles. The zero-order chi connectivity index (χ0) is 7.28. The number of carbonyl (C=O) groups is 1. The first kappa shape index (κ1) is 8.17. The lowest BCUT2D eigenvalue weighted by Crippen LogP contribution is -2.10. The van der Waals surface area contributed by atoms with E-state index in [-0.39, 0.29) is 0 Å². The highest BCUT2D eigenvalue weighted by Gasteiger charge is 1.85. The molecule has 52 valence electrons. The van der Waals surface area contributed by atoms with Crippen LogP contribution in [0, 0.1) is 0 Å². The highest BCUT2D eigenvalue weighted by Crippen LogP contribution is 1.76. The summed E-state index contributed by atoms with van der Waals surface area (Å²) in [6.45, 7) is 0.673. The highest BCUT2D eigenvalue weighted by molar-refractivity contribution is 5.79. The Kier molecular flexibility index (Phi) is 3.71. The van der Waals surface area contributed by atoms with Crippen LogP contribution in [0.4, 0.5) is 0 Å². The minimum absolute atomic E-state index is 0.673. The fourth-order valence-electron chi connectivity index (χ4n) is 0.364. The number of aliphatic carboxylic acids is 1. The molecule has 0 unspecified atom stereocenters. The van der Waals surface area contributed by atoms with E-state index in [0.717, 1.165) is 6.08 Å². The van der Waals surface area contributed by atoms with Gasteiger partial charge in [-0.25, -0.2) is 4.79 Å². The van der Waals surface area contributed by atoms with E-state index in [1.165, 1.54) is 0 Å². The average Bonchev–Trinajstić information content (AvgIpc) is 1.63. The third kappa shape index (κ3) is 7.17. The fourth-order valence-corrected chi connectivity index (χ4v) is 0.364. The van der Waals surface area contributed by atoms with E-state index in [9.17, 15) is 4.79 Å². The SMILES string of the molecule is CN(C)CC=CC(=O)O. The van der Waals surface area contributed by atoms with Crippen molar-refractivity contribution in [3.05, 3.63) is 12.2 Å². The number of hydrogen-bond donors (Lipinski definition) is 1. The third-order valence-electron chi connectivity index (χ3n) is 0.731. The molecule has 9 heavy (non-hydrogen) atoms. The smallest absolute Gasteiger partial charge is 0.328 e. The summed E-state index contributed by atoms with van der Waals surface area (Å²) in [6, 6.07) is 0. The summed E-state index contributed by atoms with van der Waals surface area (Å²) in [5, 5.41) is 8.12. The Morgan fingerprint density at radius 1 is 1.67 bits per heavy atom. The Morgan fingerprint density at radius 2 is 2.22 bits per heavy atom. The fraction of sp³-hybridized carbons (Fsp3) is 0.500. The average molecular weight is 129 g/mol. The molecule has 0 bridgehead atoms. The minimum Gasteiger partial charge on any atom is -0.478 e. The number of carboxylic acid groups (broad SMARTS) is 1. The Morgan fingerprint density at radius 3 is 2.56 bits per heavy atom. The van der Waals surface area contributed by atoms with Crippen molar-refractivity contribution < 1.29 is 9.90 Å². The Hall–Kier alpha value is -0.830. The van der Waals surface area contributed by atoms with E-state index >= 15 is 0 Å². The molecule has 3 heteroatoms. The monoisotopic (exact) mass is 129 g/mol. The molecular formula is C6H11NO2. The number of likely N-dealkylation sites (N-methyl/N-ethyl adjacent to an activating group) is 1. The lowest BCUT2D eigenvalue weighted by Gasteiger charge is -2.02. The van der Waals surface area contributed by atoms with Crippen LogP contribution in [-0.4, -0.2) is 36.6 Å². The summed E-state index contributed by atoms with van der Waals surface area (Å²) < 4.78 is 0. The molecule has 3 nitrogen and oxygen atoms in total. The molecular weight excluding hydrogens is 118 g/mol. The predicted octanol–water partition coefficient (Wildman–Crippen LogP) is 0.189. The molecule has 0 saturated heterocycles. The van der Waals surface area contributed by atoms with Crippen molar-refractivity contribution in [2.24, 2.45) is 0 Å². The standard InChI is InChI=1S/C6H11NO2/c1-7(2)5-3-4-6(8)9/h3-4H,5H2,1-2H3,(H,8,9). The molecule has 0 aliphatic carbocycles. The quantitative estimate of drug-likeness (QED) is 0.553. The molecule has 0 atom stereocenters. The van der Waals surface area contributed by atoms with E-state index in [0.29, 0.717) is 6.54 Å². The molecule has 1 N–H and O–H groups in total. The van der Waals surface area contributed by atoms with Crippen LogP contribution in [0.2, 0.25) is 0 Å². The van der Waals surface area contributed by atoms with E-state index in [2.05, 4.69) is 0 Å². The van der Waals surface area contributed by atoms with Gasteiger partial charge in [0.25, 0.3) is 0 Å². The molecule has 0 fully saturated rings. The van der Waals surface area contributed by atoms with Crippen LogP contribution in [0.25, 0.3) is 0 Å². The molecule has 0 aromatic heterocycles. The van der Waals surface area contributed by atoms with Crippen LogP contribution in [-0.2, 0) is 4.79 Å². The number of carboxylic acids is 1. The minimum atomic E-state index is -0.892. The van der Waals surface area contributed by atoms with E-state index in [1.807, 2.05) is 19.0 Å². The van der Waals surface area contributed by atoms with Crippen LogP contribution in [0.5, 0.6) is 0 Å². The second kappa shape index (κ2) is 4.09. The maximum absolute atomic E-state index is 9.88. The number of nitrogens with zero attached hydrogens (tertiary/aromatic N) is 1. The summed E-state index contributed by atoms with van der Waals surface area (Å²) in [5.74, 6) is -0.892. The topological polar surface area (TPSA) is 40.5 Å². The lowest BCUT2D eigenvalue weighted by atomic mass is 10.5. The Labute approximate surface area is 54.6 Å². The van der Waals surface area contributed by atoms with Crippen molar-refractivity contribution in [3.63, 3.8) is 0 Å². The van der Waals surface area contributed by atoms with Crippen molar-refractivity contribution in [2.45, 2.75) is 0 Å². The second-order valence-corrected chi connectivity index (χ2v) is 2.00. The zero-order valence-electron chi connectivity index (χ0n) is 5.66. The molecule has 0 aromatic carbocycles. The van der Waals surface area contributed by atoms with Gasteiger partial charge in [0.15, 0.2) is 0 Å². The van der Waals surface area contributed by atoms with Gasteiger partial charge in [0, 0.05) is 12.6 Å². The predicted molar refractivity (Wildman–Crippen MR) is 35.3 cm³/mol. The summed E-state index contributed by atoms with van der Waals surface area (Å²) in [5.41, 5.74) is 0. The van der Waals surface area contributed by atoms with Crippen LogP contribution in [0.3, 0.4) is 0 Å². The van der Waals surface area contributed by atoms with Crippen LogP contribution in [0.15, 0.2) is 12.2 Å². The van der Waals surface area contributed by atoms with Gasteiger partial charge in [0.05, 0.1) is 0 Å². The second-order valence-electron chi connectivity index (χ2n) is 2.00. The molecule has 0 rings (SSSR count). The lowest BCUT2D eigenvalue weighted by molar-refractivity contribution is -0.131. The van der Waals surface area contributed by atoms with Gasteiger partial charge in [-0.3, -0.25) is 0 Å². The van der Waals surface area contributed by atoms with E-state index in [1.54, 1.807) is 6.08 Å². The van der Waals surface area contributed by atoms with E-state index < -0.39 is 5.97 Å². The normalized spacial score (nSPS) is 11.0. The van der Waals surface area contributed by atoms with Crippen molar-refractivity contribution in [1.82, 2.24) is 4.90 Å². The first-order chi connectivity index (χ1) is 4.13.